The van der Waals surface area contributed by atoms with E-state index in [0.717, 1.165) is 11.1 Å². The first-order chi connectivity index (χ1) is 15.4. The predicted molar refractivity (Wildman–Crippen MR) is 108 cm³/mol. The van der Waals surface area contributed by atoms with Crippen LogP contribution in [0.5, 0.6) is 0 Å². The highest BCUT2D eigenvalue weighted by atomic mass is 19.4. The zero-order chi connectivity index (χ0) is 24.1. The smallest absolute Gasteiger partial charge is 0.368 e. The van der Waals surface area contributed by atoms with Crippen LogP contribution in [-0.2, 0) is 21.9 Å². The molecule has 0 bridgehead atoms. The molecule has 1 amide bonds. The van der Waals surface area contributed by atoms with Crippen molar-refractivity contribution in [2.75, 3.05) is 6.54 Å². The van der Waals surface area contributed by atoms with Gasteiger partial charge in [0.1, 0.15) is 0 Å². The molecule has 0 unspecified atom stereocenters. The Hall–Kier alpha value is -2.55. The Balaban J connectivity index is 1.68. The Morgan fingerprint density at radius 1 is 1.00 bits per heavy atom. The minimum atomic E-state index is -4.93. The van der Waals surface area contributed by atoms with Crippen LogP contribution >= 0.6 is 0 Å². The number of hydrogen-bond acceptors (Lipinski definition) is 2. The molecule has 2 aliphatic heterocycles. The third-order valence-electron chi connectivity index (χ3n) is 6.57. The first kappa shape index (κ1) is 23.6. The van der Waals surface area contributed by atoms with Crippen molar-refractivity contribution in [2.45, 2.75) is 63.2 Å². The third-order valence-corrected chi connectivity index (χ3v) is 6.57. The summed E-state index contributed by atoms with van der Waals surface area (Å²) >= 11 is 0. The third kappa shape index (κ3) is 4.60. The first-order valence-corrected chi connectivity index (χ1v) is 10.7. The molecule has 2 aromatic carbocycles. The quantitative estimate of drug-likeness (QED) is 0.492. The molecule has 2 aliphatic rings. The summed E-state index contributed by atoms with van der Waals surface area (Å²) in [6.07, 6.45) is -10.4. The number of benzene rings is 2. The molecule has 2 aromatic rings. The van der Waals surface area contributed by atoms with E-state index < -0.39 is 35.7 Å². The van der Waals surface area contributed by atoms with Crippen LogP contribution in [0.2, 0.25) is 0 Å². The van der Waals surface area contributed by atoms with Crippen LogP contribution in [0.1, 0.15) is 59.6 Å². The highest BCUT2D eigenvalue weighted by molar-refractivity contribution is 5.79. The number of rotatable bonds is 4. The number of hydrogen-bond donors (Lipinski definition) is 0. The van der Waals surface area contributed by atoms with Crippen molar-refractivity contribution >= 4 is 5.91 Å². The molecule has 2 fully saturated rings. The molecular weight excluding hydrogens is 448 g/mol. The Bertz CT molecular complexity index is 1020. The molecular formula is C24H23F6NO2. The molecule has 2 heterocycles. The van der Waals surface area contributed by atoms with Crippen molar-refractivity contribution < 1.29 is 35.9 Å². The second-order valence-corrected chi connectivity index (χ2v) is 8.69. The summed E-state index contributed by atoms with van der Waals surface area (Å²) < 4.78 is 85.8. The normalized spacial score (nSPS) is 24.3. The number of nitrogens with zero attached hydrogens (tertiary/aromatic N) is 1. The van der Waals surface area contributed by atoms with Crippen molar-refractivity contribution in [1.82, 2.24) is 4.90 Å². The zero-order valence-electron chi connectivity index (χ0n) is 18.0. The maximum atomic E-state index is 13.3. The number of fused-ring (bicyclic) bond motifs is 1. The van der Waals surface area contributed by atoms with E-state index in [0.29, 0.717) is 25.0 Å². The summed E-state index contributed by atoms with van der Waals surface area (Å²) in [5.74, 6) is -0.233. The topological polar surface area (TPSA) is 29.5 Å². The molecule has 0 N–H and O–H groups in total. The number of ether oxygens (including phenoxy) is 1. The van der Waals surface area contributed by atoms with Gasteiger partial charge in [-0.15, -0.1) is 0 Å². The lowest BCUT2D eigenvalue weighted by Gasteiger charge is -2.28. The summed E-state index contributed by atoms with van der Waals surface area (Å²) in [6.45, 7) is 3.62. The monoisotopic (exact) mass is 471 g/mol. The maximum Gasteiger partial charge on any atom is 0.416 e. The average molecular weight is 471 g/mol. The van der Waals surface area contributed by atoms with Crippen LogP contribution in [-0.4, -0.2) is 29.5 Å². The van der Waals surface area contributed by atoms with E-state index in [1.165, 1.54) is 6.92 Å². The van der Waals surface area contributed by atoms with Crippen LogP contribution in [0.4, 0.5) is 26.3 Å². The molecule has 0 radical (unpaired) electrons. The molecule has 9 heteroatoms. The molecule has 4 rings (SSSR count). The van der Waals surface area contributed by atoms with Crippen molar-refractivity contribution in [3.05, 3.63) is 70.3 Å². The predicted octanol–water partition coefficient (Wildman–Crippen LogP) is 6.27. The molecule has 0 spiro atoms. The minimum Gasteiger partial charge on any atom is -0.368 e. The fourth-order valence-corrected chi connectivity index (χ4v) is 4.97. The number of carbonyl (C=O) groups excluding carboxylic acids is 1. The second kappa shape index (κ2) is 8.34. The summed E-state index contributed by atoms with van der Waals surface area (Å²) in [5.41, 5.74) is -1.000. The van der Waals surface area contributed by atoms with E-state index in [9.17, 15) is 31.1 Å². The van der Waals surface area contributed by atoms with Crippen LogP contribution in [0.25, 0.3) is 0 Å². The fourth-order valence-electron chi connectivity index (χ4n) is 4.97. The fraction of sp³-hybridized carbons (Fsp3) is 0.458. The SMILES string of the molecule is Cc1ccccc1[C@@H]1[C@@H](O[C@H](C)c2cc(C(F)(F)F)cc(C(F)(F)F)c2)CN2C(=O)CC[C@@H]12. The van der Waals surface area contributed by atoms with Gasteiger partial charge in [-0.05, 0) is 55.2 Å². The number of alkyl halides is 6. The lowest BCUT2D eigenvalue weighted by Crippen LogP contribution is -2.29. The van der Waals surface area contributed by atoms with Gasteiger partial charge in [0.2, 0.25) is 5.91 Å². The standard InChI is InChI=1S/C24H23F6NO2/c1-13-5-3-4-6-18(13)22-19-7-8-21(32)31(19)12-20(22)33-14(2)15-9-16(23(25,26)27)11-17(10-15)24(28,29)30/h3-6,9-11,14,19-20,22H,7-8,12H2,1-2H3/t14-,19+,20+,22+/m1/s1. The lowest BCUT2D eigenvalue weighted by atomic mass is 9.86. The van der Waals surface area contributed by atoms with Gasteiger partial charge >= 0.3 is 12.4 Å². The van der Waals surface area contributed by atoms with Crippen LogP contribution in [0.3, 0.4) is 0 Å². The second-order valence-electron chi connectivity index (χ2n) is 8.69. The van der Waals surface area contributed by atoms with Gasteiger partial charge in [-0.25, -0.2) is 0 Å². The average Bonchev–Trinajstić information content (AvgIpc) is 3.26. The van der Waals surface area contributed by atoms with E-state index in [4.69, 9.17) is 4.74 Å². The number of halogens is 6. The molecule has 3 nitrogen and oxygen atoms in total. The number of amides is 1. The molecule has 33 heavy (non-hydrogen) atoms. The van der Waals surface area contributed by atoms with E-state index in [1.54, 1.807) is 4.90 Å². The van der Waals surface area contributed by atoms with Gasteiger partial charge in [0.15, 0.2) is 0 Å². The van der Waals surface area contributed by atoms with Gasteiger partial charge in [0.05, 0.1) is 23.3 Å². The highest BCUT2D eigenvalue weighted by Crippen LogP contribution is 2.44. The maximum absolute atomic E-state index is 13.3. The minimum absolute atomic E-state index is 0.0178. The van der Waals surface area contributed by atoms with Crippen molar-refractivity contribution in [3.63, 3.8) is 0 Å². The highest BCUT2D eigenvalue weighted by Gasteiger charge is 2.49. The first-order valence-electron chi connectivity index (χ1n) is 10.7. The molecule has 2 saturated heterocycles. The molecule has 0 saturated carbocycles. The summed E-state index contributed by atoms with van der Waals surface area (Å²) in [7, 11) is 0. The van der Waals surface area contributed by atoms with Crippen molar-refractivity contribution in [2.24, 2.45) is 0 Å². The molecule has 0 aromatic heterocycles. The molecule has 4 atom stereocenters. The number of carbonyl (C=O) groups is 1. The van der Waals surface area contributed by atoms with E-state index in [2.05, 4.69) is 0 Å². The summed E-state index contributed by atoms with van der Waals surface area (Å²) in [4.78, 5) is 14.1. The Morgan fingerprint density at radius 2 is 1.61 bits per heavy atom. The van der Waals surface area contributed by atoms with Crippen LogP contribution < -0.4 is 0 Å². The largest absolute Gasteiger partial charge is 0.416 e. The zero-order valence-corrected chi connectivity index (χ0v) is 18.0. The Morgan fingerprint density at radius 3 is 2.18 bits per heavy atom. The Kier molecular flexibility index (Phi) is 5.97. The van der Waals surface area contributed by atoms with E-state index >= 15 is 0 Å². The lowest BCUT2D eigenvalue weighted by molar-refractivity contribution is -0.143. The van der Waals surface area contributed by atoms with Gasteiger partial charge in [-0.2, -0.15) is 26.3 Å². The van der Waals surface area contributed by atoms with Crippen molar-refractivity contribution in [1.29, 1.82) is 0 Å². The van der Waals surface area contributed by atoms with E-state index in [1.807, 2.05) is 31.2 Å². The molecule has 178 valence electrons. The van der Waals surface area contributed by atoms with Crippen LogP contribution in [0, 0.1) is 6.92 Å². The summed E-state index contributed by atoms with van der Waals surface area (Å²) in [5, 5.41) is 0. The van der Waals surface area contributed by atoms with Crippen LogP contribution in [0.15, 0.2) is 42.5 Å². The van der Waals surface area contributed by atoms with Gasteiger partial charge in [0, 0.05) is 24.9 Å². The molecule has 0 aliphatic carbocycles. The van der Waals surface area contributed by atoms with Gasteiger partial charge in [-0.3, -0.25) is 4.79 Å². The Labute approximate surface area is 187 Å². The van der Waals surface area contributed by atoms with E-state index in [-0.39, 0.29) is 36.0 Å². The van der Waals surface area contributed by atoms with Gasteiger partial charge in [-0.1, -0.05) is 24.3 Å². The van der Waals surface area contributed by atoms with Crippen molar-refractivity contribution in [3.8, 4) is 0 Å². The number of aryl methyl sites for hydroxylation is 1. The summed E-state index contributed by atoms with van der Waals surface area (Å²) in [6, 6.07) is 9.00. The van der Waals surface area contributed by atoms with Gasteiger partial charge < -0.3 is 9.64 Å². The van der Waals surface area contributed by atoms with Gasteiger partial charge in [0.25, 0.3) is 0 Å².